The van der Waals surface area contributed by atoms with E-state index in [2.05, 4.69) is 15.4 Å². The molecule has 1 aliphatic rings. The van der Waals surface area contributed by atoms with Gasteiger partial charge < -0.3 is 20.5 Å². The molecule has 8 heteroatoms. The minimum atomic E-state index is -4.32. The second-order valence-corrected chi connectivity index (χ2v) is 4.59. The predicted octanol–water partition coefficient (Wildman–Crippen LogP) is 1.19. The van der Waals surface area contributed by atoms with Crippen molar-refractivity contribution in [1.82, 2.24) is 10.6 Å². The lowest BCUT2D eigenvalue weighted by molar-refractivity contribution is -0.173. The van der Waals surface area contributed by atoms with Crippen molar-refractivity contribution in [2.75, 3.05) is 26.4 Å². The number of ether oxygens (including phenoxy) is 1. The Balaban J connectivity index is 2.00. The molecule has 5 nitrogen and oxygen atoms in total. The van der Waals surface area contributed by atoms with Crippen LogP contribution >= 0.6 is 0 Å². The molecule has 1 rings (SSSR count). The van der Waals surface area contributed by atoms with Crippen LogP contribution in [0.3, 0.4) is 0 Å². The SMILES string of the molecule is O=C(NCCCOCC(F)(F)F)N[C@@H]1C=C[C@H](CO)C1. The van der Waals surface area contributed by atoms with Gasteiger partial charge in [0.1, 0.15) is 6.61 Å². The third-order valence-corrected chi connectivity index (χ3v) is 2.74. The van der Waals surface area contributed by atoms with Crippen molar-refractivity contribution in [2.45, 2.75) is 25.1 Å². The Morgan fingerprint density at radius 2 is 2.15 bits per heavy atom. The van der Waals surface area contributed by atoms with Crippen molar-refractivity contribution in [3.05, 3.63) is 12.2 Å². The van der Waals surface area contributed by atoms with Gasteiger partial charge in [-0.2, -0.15) is 13.2 Å². The molecule has 0 radical (unpaired) electrons. The number of alkyl halides is 3. The molecular weight excluding hydrogens is 277 g/mol. The van der Waals surface area contributed by atoms with E-state index in [4.69, 9.17) is 5.11 Å². The van der Waals surface area contributed by atoms with Gasteiger partial charge in [0, 0.05) is 31.7 Å². The van der Waals surface area contributed by atoms with E-state index in [1.165, 1.54) is 0 Å². The summed E-state index contributed by atoms with van der Waals surface area (Å²) in [4.78, 5) is 11.4. The maximum absolute atomic E-state index is 11.8. The zero-order valence-corrected chi connectivity index (χ0v) is 10.9. The number of aliphatic hydroxyl groups is 1. The smallest absolute Gasteiger partial charge is 0.396 e. The van der Waals surface area contributed by atoms with E-state index in [1.54, 1.807) is 0 Å². The predicted molar refractivity (Wildman–Crippen MR) is 66.1 cm³/mol. The third-order valence-electron chi connectivity index (χ3n) is 2.74. The zero-order chi connectivity index (χ0) is 15.0. The number of aliphatic hydroxyl groups excluding tert-OH is 1. The maximum Gasteiger partial charge on any atom is 0.411 e. The fourth-order valence-electron chi connectivity index (χ4n) is 1.80. The van der Waals surface area contributed by atoms with Crippen LogP contribution in [-0.2, 0) is 4.74 Å². The van der Waals surface area contributed by atoms with Gasteiger partial charge in [-0.25, -0.2) is 4.79 Å². The van der Waals surface area contributed by atoms with E-state index < -0.39 is 12.8 Å². The highest BCUT2D eigenvalue weighted by molar-refractivity contribution is 5.74. The van der Waals surface area contributed by atoms with Crippen LogP contribution in [0.5, 0.6) is 0 Å². The summed E-state index contributed by atoms with van der Waals surface area (Å²) < 4.78 is 39.7. The Kier molecular flexibility index (Phi) is 6.80. The first-order valence-corrected chi connectivity index (χ1v) is 6.39. The van der Waals surface area contributed by atoms with Crippen LogP contribution < -0.4 is 10.6 Å². The van der Waals surface area contributed by atoms with E-state index in [1.807, 2.05) is 12.2 Å². The Morgan fingerprint density at radius 3 is 2.75 bits per heavy atom. The molecule has 0 bridgehead atoms. The third kappa shape index (κ3) is 7.34. The van der Waals surface area contributed by atoms with Crippen molar-refractivity contribution < 1.29 is 27.8 Å². The molecule has 3 N–H and O–H groups in total. The number of nitrogens with one attached hydrogen (secondary N) is 2. The van der Waals surface area contributed by atoms with Gasteiger partial charge in [-0.05, 0) is 12.8 Å². The molecule has 0 fully saturated rings. The normalized spacial score (nSPS) is 22.0. The lowest BCUT2D eigenvalue weighted by Gasteiger charge is -2.13. The highest BCUT2D eigenvalue weighted by atomic mass is 19.4. The average Bonchev–Trinajstić information content (AvgIpc) is 2.80. The Hall–Kier alpha value is -1.28. The Morgan fingerprint density at radius 1 is 1.40 bits per heavy atom. The molecule has 0 aromatic heterocycles. The number of rotatable bonds is 7. The highest BCUT2D eigenvalue weighted by Crippen LogP contribution is 2.16. The van der Waals surface area contributed by atoms with Crippen LogP contribution in [0, 0.1) is 5.92 Å². The van der Waals surface area contributed by atoms with Gasteiger partial charge in [-0.3, -0.25) is 0 Å². The van der Waals surface area contributed by atoms with Gasteiger partial charge in [0.25, 0.3) is 0 Å². The van der Waals surface area contributed by atoms with Crippen molar-refractivity contribution >= 4 is 6.03 Å². The first-order valence-electron chi connectivity index (χ1n) is 6.39. The van der Waals surface area contributed by atoms with E-state index in [0.717, 1.165) is 0 Å². The number of hydrogen-bond acceptors (Lipinski definition) is 3. The molecular formula is C12H19F3N2O3. The summed E-state index contributed by atoms with van der Waals surface area (Å²) in [6.07, 6.45) is 0.299. The largest absolute Gasteiger partial charge is 0.411 e. The van der Waals surface area contributed by atoms with Crippen LogP contribution in [-0.4, -0.2) is 49.7 Å². The van der Waals surface area contributed by atoms with E-state index in [9.17, 15) is 18.0 Å². The monoisotopic (exact) mass is 296 g/mol. The molecule has 0 spiro atoms. The van der Waals surface area contributed by atoms with Gasteiger partial charge in [0.2, 0.25) is 0 Å². The summed E-state index contributed by atoms with van der Waals surface area (Å²) in [6, 6.07) is -0.498. The molecule has 1 aliphatic carbocycles. The van der Waals surface area contributed by atoms with Gasteiger partial charge in [0.05, 0.1) is 0 Å². The molecule has 116 valence electrons. The number of urea groups is 1. The molecule has 0 unspecified atom stereocenters. The number of carbonyl (C=O) groups excluding carboxylic acids is 1. The quantitative estimate of drug-likeness (QED) is 0.488. The van der Waals surface area contributed by atoms with E-state index in [-0.39, 0.29) is 37.7 Å². The van der Waals surface area contributed by atoms with Crippen LogP contribution in [0.2, 0.25) is 0 Å². The summed E-state index contributed by atoms with van der Waals surface area (Å²) in [7, 11) is 0. The van der Waals surface area contributed by atoms with Crippen molar-refractivity contribution in [2.24, 2.45) is 5.92 Å². The van der Waals surface area contributed by atoms with Gasteiger partial charge >= 0.3 is 12.2 Å². The Labute approximate surface area is 115 Å². The van der Waals surface area contributed by atoms with Crippen LogP contribution in [0.1, 0.15) is 12.8 Å². The lowest BCUT2D eigenvalue weighted by atomic mass is 10.1. The summed E-state index contributed by atoms with van der Waals surface area (Å²) in [5.74, 6) is 0.0658. The lowest BCUT2D eigenvalue weighted by Crippen LogP contribution is -2.41. The molecule has 0 aromatic carbocycles. The van der Waals surface area contributed by atoms with Gasteiger partial charge in [-0.15, -0.1) is 0 Å². The summed E-state index contributed by atoms with van der Waals surface area (Å²) >= 11 is 0. The fourth-order valence-corrected chi connectivity index (χ4v) is 1.80. The Bertz CT molecular complexity index is 334. The minimum Gasteiger partial charge on any atom is -0.396 e. The zero-order valence-electron chi connectivity index (χ0n) is 10.9. The van der Waals surface area contributed by atoms with Gasteiger partial charge in [-0.1, -0.05) is 12.2 Å². The van der Waals surface area contributed by atoms with Crippen molar-refractivity contribution in [3.8, 4) is 0 Å². The number of amides is 2. The van der Waals surface area contributed by atoms with Crippen LogP contribution in [0.25, 0.3) is 0 Å². The molecule has 20 heavy (non-hydrogen) atoms. The van der Waals surface area contributed by atoms with Gasteiger partial charge in [0.15, 0.2) is 0 Å². The summed E-state index contributed by atoms with van der Waals surface area (Å²) in [6.45, 7) is -1.04. The number of halogens is 3. The number of carbonyl (C=O) groups is 1. The maximum atomic E-state index is 11.8. The van der Waals surface area contributed by atoms with Crippen LogP contribution in [0.4, 0.5) is 18.0 Å². The molecule has 0 saturated carbocycles. The average molecular weight is 296 g/mol. The topological polar surface area (TPSA) is 70.6 Å². The van der Waals surface area contributed by atoms with E-state index in [0.29, 0.717) is 12.8 Å². The first-order chi connectivity index (χ1) is 9.40. The molecule has 2 atom stereocenters. The van der Waals surface area contributed by atoms with Crippen molar-refractivity contribution in [3.63, 3.8) is 0 Å². The highest BCUT2D eigenvalue weighted by Gasteiger charge is 2.27. The first kappa shape index (κ1) is 16.8. The standard InChI is InChI=1S/C12H19F3N2O3/c13-12(14,15)8-20-5-1-4-16-11(19)17-10-3-2-9(6-10)7-18/h2-3,9-10,18H,1,4-8H2,(H2,16,17,19)/t9-,10+/m0/s1. The molecule has 0 saturated heterocycles. The fraction of sp³-hybridized carbons (Fsp3) is 0.750. The molecule has 0 heterocycles. The second kappa shape index (κ2) is 8.11. The van der Waals surface area contributed by atoms with Crippen molar-refractivity contribution in [1.29, 1.82) is 0 Å². The molecule has 2 amide bonds. The second-order valence-electron chi connectivity index (χ2n) is 4.59. The minimum absolute atomic E-state index is 0.0485. The molecule has 0 aliphatic heterocycles. The summed E-state index contributed by atoms with van der Waals surface area (Å²) in [5.41, 5.74) is 0. The number of hydrogen-bond donors (Lipinski definition) is 3. The van der Waals surface area contributed by atoms with E-state index >= 15 is 0 Å². The molecule has 0 aromatic rings. The van der Waals surface area contributed by atoms with Crippen LogP contribution in [0.15, 0.2) is 12.2 Å². The summed E-state index contributed by atoms with van der Waals surface area (Å²) in [5, 5.41) is 14.1.